The molecule has 18 heavy (non-hydrogen) atoms. The lowest BCUT2D eigenvalue weighted by Gasteiger charge is -2.16. The minimum atomic E-state index is 0.587. The molecule has 2 heterocycles. The number of aromatic nitrogens is 4. The Morgan fingerprint density at radius 3 is 3.00 bits per heavy atom. The number of hydrogen-bond donors (Lipinski definition) is 1. The zero-order valence-corrected chi connectivity index (χ0v) is 10.6. The minimum Gasteiger partial charge on any atom is -0.369 e. The minimum absolute atomic E-state index is 0.587. The van der Waals surface area contributed by atoms with Gasteiger partial charge in [0.25, 0.3) is 5.78 Å². The van der Waals surface area contributed by atoms with Gasteiger partial charge in [0.15, 0.2) is 0 Å². The summed E-state index contributed by atoms with van der Waals surface area (Å²) in [7, 11) is 0. The lowest BCUT2D eigenvalue weighted by atomic mass is 10.0. The van der Waals surface area contributed by atoms with Gasteiger partial charge in [0.05, 0.1) is 0 Å². The fourth-order valence-corrected chi connectivity index (χ4v) is 2.91. The van der Waals surface area contributed by atoms with Crippen LogP contribution in [0.4, 0.5) is 5.82 Å². The van der Waals surface area contributed by atoms with Crippen molar-refractivity contribution in [2.45, 2.75) is 32.6 Å². The number of nitrogens with one attached hydrogen (secondary N) is 1. The Morgan fingerprint density at radius 1 is 1.44 bits per heavy atom. The normalized spacial score (nSPS) is 21.2. The zero-order valence-electron chi connectivity index (χ0n) is 10.6. The van der Waals surface area contributed by atoms with Gasteiger partial charge in [-0.2, -0.15) is 14.6 Å². The second kappa shape index (κ2) is 3.43. The Balaban J connectivity index is 1.60. The van der Waals surface area contributed by atoms with Crippen LogP contribution < -0.4 is 5.32 Å². The van der Waals surface area contributed by atoms with Crippen LogP contribution in [-0.4, -0.2) is 26.1 Å². The maximum absolute atomic E-state index is 4.35. The van der Waals surface area contributed by atoms with Crippen LogP contribution in [0, 0.1) is 18.3 Å². The zero-order chi connectivity index (χ0) is 12.2. The van der Waals surface area contributed by atoms with Crippen LogP contribution in [0.15, 0.2) is 12.4 Å². The SMILES string of the molecule is Cc1cc(NCC2(C3CC3)CC2)n2ncnc2n1. The van der Waals surface area contributed by atoms with Crippen molar-refractivity contribution in [1.82, 2.24) is 19.6 Å². The first-order valence-electron chi connectivity index (χ1n) is 6.68. The Labute approximate surface area is 106 Å². The van der Waals surface area contributed by atoms with Gasteiger partial charge in [-0.25, -0.2) is 4.98 Å². The molecule has 2 aliphatic rings. The second-order valence-electron chi connectivity index (χ2n) is 5.74. The monoisotopic (exact) mass is 243 g/mol. The van der Waals surface area contributed by atoms with Crippen LogP contribution in [0.2, 0.25) is 0 Å². The molecule has 5 heteroatoms. The van der Waals surface area contributed by atoms with Crippen molar-refractivity contribution in [2.24, 2.45) is 11.3 Å². The van der Waals surface area contributed by atoms with Crippen molar-refractivity contribution in [3.05, 3.63) is 18.1 Å². The highest BCUT2D eigenvalue weighted by Gasteiger charge is 2.53. The van der Waals surface area contributed by atoms with Crippen molar-refractivity contribution in [3.8, 4) is 0 Å². The highest BCUT2D eigenvalue weighted by Crippen LogP contribution is 2.61. The molecule has 0 unspecified atom stereocenters. The summed E-state index contributed by atoms with van der Waals surface area (Å²) in [6.45, 7) is 3.06. The summed E-state index contributed by atoms with van der Waals surface area (Å²) >= 11 is 0. The number of rotatable bonds is 4. The maximum Gasteiger partial charge on any atom is 0.254 e. The first kappa shape index (κ1) is 10.3. The maximum atomic E-state index is 4.35. The Bertz CT molecular complexity index is 594. The fraction of sp³-hybridized carbons (Fsp3) is 0.615. The molecule has 0 aliphatic heterocycles. The van der Waals surface area contributed by atoms with Crippen molar-refractivity contribution in [2.75, 3.05) is 11.9 Å². The summed E-state index contributed by atoms with van der Waals surface area (Å²) in [5, 5.41) is 7.78. The summed E-state index contributed by atoms with van der Waals surface area (Å²) in [5.41, 5.74) is 1.57. The number of anilines is 1. The molecule has 0 atom stereocenters. The third kappa shape index (κ3) is 1.57. The molecule has 5 nitrogen and oxygen atoms in total. The molecule has 1 N–H and O–H groups in total. The average Bonchev–Trinajstić information content (AvgIpc) is 3.23. The van der Waals surface area contributed by atoms with E-state index in [1.165, 1.54) is 25.7 Å². The summed E-state index contributed by atoms with van der Waals surface area (Å²) in [6.07, 6.45) is 7.18. The quantitative estimate of drug-likeness (QED) is 0.892. The van der Waals surface area contributed by atoms with E-state index in [9.17, 15) is 0 Å². The van der Waals surface area contributed by atoms with Gasteiger partial charge in [-0.3, -0.25) is 0 Å². The van der Waals surface area contributed by atoms with Crippen LogP contribution in [0.5, 0.6) is 0 Å². The molecule has 0 amide bonds. The van der Waals surface area contributed by atoms with E-state index in [4.69, 9.17) is 0 Å². The van der Waals surface area contributed by atoms with E-state index in [0.717, 1.165) is 24.0 Å². The lowest BCUT2D eigenvalue weighted by Crippen LogP contribution is -2.19. The number of nitrogens with zero attached hydrogens (tertiary/aromatic N) is 4. The first-order chi connectivity index (χ1) is 8.77. The average molecular weight is 243 g/mol. The number of hydrogen-bond acceptors (Lipinski definition) is 4. The van der Waals surface area contributed by atoms with Crippen LogP contribution in [0.1, 0.15) is 31.4 Å². The molecule has 0 radical (unpaired) electrons. The molecule has 2 saturated carbocycles. The molecule has 2 fully saturated rings. The van der Waals surface area contributed by atoms with E-state index in [0.29, 0.717) is 11.2 Å². The molecule has 2 aliphatic carbocycles. The fourth-order valence-electron chi connectivity index (χ4n) is 2.91. The van der Waals surface area contributed by atoms with Gasteiger partial charge >= 0.3 is 0 Å². The molecule has 0 bridgehead atoms. The third-order valence-electron chi connectivity index (χ3n) is 4.34. The van der Waals surface area contributed by atoms with Crippen LogP contribution >= 0.6 is 0 Å². The Kier molecular flexibility index (Phi) is 1.96. The van der Waals surface area contributed by atoms with Crippen LogP contribution in [0.25, 0.3) is 5.78 Å². The van der Waals surface area contributed by atoms with E-state index in [1.807, 2.05) is 13.0 Å². The Hall–Kier alpha value is -1.65. The standard InChI is InChI=1S/C13H17N5/c1-9-6-11(18-12(17-9)15-8-16-18)14-7-13(4-5-13)10-2-3-10/h6,8,10,14H,2-5,7H2,1H3. The van der Waals surface area contributed by atoms with E-state index in [2.05, 4.69) is 20.4 Å². The Morgan fingerprint density at radius 2 is 2.28 bits per heavy atom. The molecule has 0 saturated heterocycles. The van der Waals surface area contributed by atoms with E-state index < -0.39 is 0 Å². The first-order valence-corrected chi connectivity index (χ1v) is 6.68. The molecule has 0 spiro atoms. The van der Waals surface area contributed by atoms with Crippen molar-refractivity contribution < 1.29 is 0 Å². The van der Waals surface area contributed by atoms with Crippen molar-refractivity contribution in [3.63, 3.8) is 0 Å². The van der Waals surface area contributed by atoms with Gasteiger partial charge in [-0.05, 0) is 43.9 Å². The molecular weight excluding hydrogens is 226 g/mol. The highest BCUT2D eigenvalue weighted by molar-refractivity contribution is 5.45. The number of aryl methyl sites for hydroxylation is 1. The summed E-state index contributed by atoms with van der Waals surface area (Å²) < 4.78 is 1.79. The molecule has 94 valence electrons. The topological polar surface area (TPSA) is 55.1 Å². The van der Waals surface area contributed by atoms with Gasteiger partial charge in [-0.15, -0.1) is 0 Å². The third-order valence-corrected chi connectivity index (χ3v) is 4.34. The predicted molar refractivity (Wildman–Crippen MR) is 68.4 cm³/mol. The van der Waals surface area contributed by atoms with Gasteiger partial charge in [0.2, 0.25) is 0 Å². The molecule has 2 aromatic rings. The summed E-state index contributed by atoms with van der Waals surface area (Å²) in [6, 6.07) is 2.05. The lowest BCUT2D eigenvalue weighted by molar-refractivity contribution is 0.465. The van der Waals surface area contributed by atoms with Gasteiger partial charge < -0.3 is 5.32 Å². The molecule has 4 rings (SSSR count). The van der Waals surface area contributed by atoms with E-state index in [1.54, 1.807) is 10.8 Å². The molecule has 2 aromatic heterocycles. The highest BCUT2D eigenvalue weighted by atomic mass is 15.4. The largest absolute Gasteiger partial charge is 0.369 e. The van der Waals surface area contributed by atoms with E-state index in [-0.39, 0.29) is 0 Å². The predicted octanol–water partition coefficient (Wildman–Crippen LogP) is 2.03. The van der Waals surface area contributed by atoms with Crippen LogP contribution in [0.3, 0.4) is 0 Å². The van der Waals surface area contributed by atoms with E-state index >= 15 is 0 Å². The van der Waals surface area contributed by atoms with Crippen LogP contribution in [-0.2, 0) is 0 Å². The van der Waals surface area contributed by atoms with Gasteiger partial charge in [0.1, 0.15) is 12.1 Å². The molecule has 0 aromatic carbocycles. The van der Waals surface area contributed by atoms with Gasteiger partial charge in [-0.1, -0.05) is 0 Å². The summed E-state index contributed by atoms with van der Waals surface area (Å²) in [4.78, 5) is 8.50. The molecular formula is C13H17N5. The smallest absolute Gasteiger partial charge is 0.254 e. The van der Waals surface area contributed by atoms with Crippen molar-refractivity contribution >= 4 is 11.6 Å². The number of fused-ring (bicyclic) bond motifs is 1. The van der Waals surface area contributed by atoms with Crippen molar-refractivity contribution in [1.29, 1.82) is 0 Å². The second-order valence-corrected chi connectivity index (χ2v) is 5.74. The van der Waals surface area contributed by atoms with Gasteiger partial charge in [0, 0.05) is 18.3 Å². The summed E-state index contributed by atoms with van der Waals surface area (Å²) in [5.74, 6) is 2.66.